The van der Waals surface area contributed by atoms with Crippen LogP contribution < -0.4 is 9.47 Å². The van der Waals surface area contributed by atoms with Crippen LogP contribution in [0.4, 0.5) is 13.2 Å². The summed E-state index contributed by atoms with van der Waals surface area (Å²) in [6.45, 7) is 5.83. The molecule has 0 radical (unpaired) electrons. The van der Waals surface area contributed by atoms with Crippen molar-refractivity contribution in [2.75, 3.05) is 39.8 Å². The fourth-order valence-corrected chi connectivity index (χ4v) is 4.76. The molecule has 2 heterocycles. The van der Waals surface area contributed by atoms with E-state index < -0.39 is 6.36 Å². The highest BCUT2D eigenvalue weighted by Gasteiger charge is 2.31. The fourth-order valence-electron chi connectivity index (χ4n) is 4.76. The number of rotatable bonds is 7. The second kappa shape index (κ2) is 10.1. The predicted octanol–water partition coefficient (Wildman–Crippen LogP) is 5.42. The van der Waals surface area contributed by atoms with Gasteiger partial charge in [-0.3, -0.25) is 0 Å². The molecule has 2 aliphatic rings. The monoisotopic (exact) mass is 448 g/mol. The molecule has 1 unspecified atom stereocenters. The van der Waals surface area contributed by atoms with Gasteiger partial charge >= 0.3 is 6.36 Å². The Bertz CT molecular complexity index is 880. The Balaban J connectivity index is 1.39. The van der Waals surface area contributed by atoms with Gasteiger partial charge in [0.25, 0.3) is 0 Å². The Hall–Kier alpha value is -2.25. The van der Waals surface area contributed by atoms with Crippen LogP contribution in [0.25, 0.3) is 0 Å². The number of fused-ring (bicyclic) bond motifs is 1. The van der Waals surface area contributed by atoms with Crippen molar-refractivity contribution in [2.24, 2.45) is 0 Å². The highest BCUT2D eigenvalue weighted by molar-refractivity contribution is 5.45. The number of benzene rings is 2. The Morgan fingerprint density at radius 2 is 1.69 bits per heavy atom. The van der Waals surface area contributed by atoms with E-state index >= 15 is 0 Å². The number of ether oxygens (including phenoxy) is 2. The van der Waals surface area contributed by atoms with E-state index in [1.54, 1.807) is 12.1 Å². The lowest BCUT2D eigenvalue weighted by molar-refractivity contribution is -0.274. The highest BCUT2D eigenvalue weighted by atomic mass is 19.4. The second-order valence-corrected chi connectivity index (χ2v) is 8.83. The van der Waals surface area contributed by atoms with Crippen molar-refractivity contribution in [1.82, 2.24) is 9.80 Å². The van der Waals surface area contributed by atoms with Gasteiger partial charge in [-0.05, 0) is 80.4 Å². The van der Waals surface area contributed by atoms with Crippen LogP contribution in [0.5, 0.6) is 11.5 Å². The second-order valence-electron chi connectivity index (χ2n) is 8.83. The summed E-state index contributed by atoms with van der Waals surface area (Å²) in [6, 6.07) is 12.4. The third-order valence-electron chi connectivity index (χ3n) is 6.28. The molecule has 2 aromatic rings. The zero-order valence-corrected chi connectivity index (χ0v) is 18.5. The van der Waals surface area contributed by atoms with Crippen molar-refractivity contribution in [1.29, 1.82) is 0 Å². The maximum Gasteiger partial charge on any atom is 0.573 e. The largest absolute Gasteiger partial charge is 0.573 e. The molecule has 0 bridgehead atoms. The van der Waals surface area contributed by atoms with Crippen LogP contribution in [0.1, 0.15) is 48.3 Å². The summed E-state index contributed by atoms with van der Waals surface area (Å²) >= 11 is 0. The van der Waals surface area contributed by atoms with Crippen LogP contribution in [0.2, 0.25) is 0 Å². The van der Waals surface area contributed by atoms with Crippen molar-refractivity contribution >= 4 is 0 Å². The average molecular weight is 449 g/mol. The fraction of sp³-hybridized carbons (Fsp3) is 0.520. The molecule has 7 heteroatoms. The minimum atomic E-state index is -4.68. The average Bonchev–Trinajstić information content (AvgIpc) is 2.76. The van der Waals surface area contributed by atoms with Crippen LogP contribution in [0.15, 0.2) is 42.5 Å². The predicted molar refractivity (Wildman–Crippen MR) is 118 cm³/mol. The minimum absolute atomic E-state index is 0.0943. The van der Waals surface area contributed by atoms with Crippen LogP contribution in [0.3, 0.4) is 0 Å². The molecule has 0 aromatic heterocycles. The smallest absolute Gasteiger partial charge is 0.494 e. The Kier molecular flexibility index (Phi) is 7.26. The molecule has 1 atom stereocenters. The van der Waals surface area contributed by atoms with Crippen molar-refractivity contribution in [2.45, 2.75) is 44.5 Å². The Labute approximate surface area is 187 Å². The summed E-state index contributed by atoms with van der Waals surface area (Å²) in [5.41, 5.74) is 3.38. The maximum absolute atomic E-state index is 12.4. The van der Waals surface area contributed by atoms with Gasteiger partial charge in [0.1, 0.15) is 11.5 Å². The molecule has 0 aliphatic carbocycles. The van der Waals surface area contributed by atoms with E-state index in [-0.39, 0.29) is 11.7 Å². The molecule has 0 spiro atoms. The summed E-state index contributed by atoms with van der Waals surface area (Å²) in [4.78, 5) is 4.75. The number of halogens is 3. The van der Waals surface area contributed by atoms with E-state index in [1.807, 2.05) is 6.07 Å². The Morgan fingerprint density at radius 1 is 0.969 bits per heavy atom. The van der Waals surface area contributed by atoms with E-state index in [0.717, 1.165) is 37.4 Å². The van der Waals surface area contributed by atoms with Gasteiger partial charge in [0.2, 0.25) is 0 Å². The minimum Gasteiger partial charge on any atom is -0.494 e. The van der Waals surface area contributed by atoms with Gasteiger partial charge < -0.3 is 19.3 Å². The molecule has 0 amide bonds. The lowest BCUT2D eigenvalue weighted by Gasteiger charge is -2.33. The van der Waals surface area contributed by atoms with Gasteiger partial charge in [-0.2, -0.15) is 0 Å². The van der Waals surface area contributed by atoms with E-state index in [9.17, 15) is 13.2 Å². The summed E-state index contributed by atoms with van der Waals surface area (Å²) in [5.74, 6) is 0.779. The first-order chi connectivity index (χ1) is 15.4. The van der Waals surface area contributed by atoms with Crippen LogP contribution >= 0.6 is 0 Å². The Morgan fingerprint density at radius 3 is 2.41 bits per heavy atom. The van der Waals surface area contributed by atoms with Gasteiger partial charge in [0.15, 0.2) is 0 Å². The molecule has 4 rings (SSSR count). The van der Waals surface area contributed by atoms with Crippen LogP contribution in [-0.2, 0) is 6.54 Å². The van der Waals surface area contributed by atoms with Crippen LogP contribution in [0, 0.1) is 0 Å². The molecule has 174 valence electrons. The first kappa shape index (κ1) is 22.9. The van der Waals surface area contributed by atoms with Crippen LogP contribution in [-0.4, -0.2) is 56.0 Å². The molecule has 32 heavy (non-hydrogen) atoms. The number of likely N-dealkylation sites (N-methyl/N-ethyl adjacent to an activating group) is 1. The van der Waals surface area contributed by atoms with Gasteiger partial charge in [0.05, 0.1) is 6.61 Å². The molecule has 1 fully saturated rings. The van der Waals surface area contributed by atoms with E-state index in [4.69, 9.17) is 4.74 Å². The number of alkyl halides is 3. The third-order valence-corrected chi connectivity index (χ3v) is 6.28. The SMILES string of the molecule is CN1Cc2cc(OCCCN3CCCCC3)ccc2C(c2ccc(OC(F)(F)F)cc2)C1. The lowest BCUT2D eigenvalue weighted by atomic mass is 9.84. The quantitative estimate of drug-likeness (QED) is 0.529. The third kappa shape index (κ3) is 6.17. The van der Waals surface area contributed by atoms with Gasteiger partial charge in [-0.25, -0.2) is 0 Å². The zero-order valence-electron chi connectivity index (χ0n) is 18.5. The first-order valence-corrected chi connectivity index (χ1v) is 11.4. The van der Waals surface area contributed by atoms with Crippen molar-refractivity contribution < 1.29 is 22.6 Å². The van der Waals surface area contributed by atoms with Gasteiger partial charge in [-0.15, -0.1) is 13.2 Å². The van der Waals surface area contributed by atoms with E-state index in [2.05, 4.69) is 33.7 Å². The maximum atomic E-state index is 12.4. The number of likely N-dealkylation sites (tertiary alicyclic amines) is 1. The summed E-state index contributed by atoms with van der Waals surface area (Å²) < 4.78 is 47.4. The standard InChI is InChI=1S/C25H31F3N2O2/c1-29-17-20-16-22(31-15-5-14-30-12-3-2-4-13-30)10-11-23(20)24(18-29)19-6-8-21(9-7-19)32-25(26,27)28/h6-11,16,24H,2-5,12-15,17-18H2,1H3. The molecule has 0 saturated carbocycles. The molecule has 2 aromatic carbocycles. The van der Waals surface area contributed by atoms with E-state index in [1.165, 1.54) is 55.6 Å². The summed E-state index contributed by atoms with van der Waals surface area (Å²) in [5, 5.41) is 0. The van der Waals surface area contributed by atoms with Crippen molar-refractivity contribution in [3.8, 4) is 11.5 Å². The molecule has 2 aliphatic heterocycles. The number of hydrogen-bond acceptors (Lipinski definition) is 4. The number of hydrogen-bond donors (Lipinski definition) is 0. The first-order valence-electron chi connectivity index (χ1n) is 11.4. The van der Waals surface area contributed by atoms with Gasteiger partial charge in [-0.1, -0.05) is 24.6 Å². The normalized spacial score (nSPS) is 20.1. The summed E-state index contributed by atoms with van der Waals surface area (Å²) in [7, 11) is 2.06. The van der Waals surface area contributed by atoms with E-state index in [0.29, 0.717) is 6.61 Å². The molecular weight excluding hydrogens is 417 g/mol. The molecular formula is C25H31F3N2O2. The molecule has 0 N–H and O–H groups in total. The number of nitrogens with zero attached hydrogens (tertiary/aromatic N) is 2. The highest BCUT2D eigenvalue weighted by Crippen LogP contribution is 2.36. The molecule has 4 nitrogen and oxygen atoms in total. The van der Waals surface area contributed by atoms with Crippen molar-refractivity contribution in [3.63, 3.8) is 0 Å². The topological polar surface area (TPSA) is 24.9 Å². The van der Waals surface area contributed by atoms with Gasteiger partial charge in [0, 0.05) is 25.6 Å². The summed E-state index contributed by atoms with van der Waals surface area (Å²) in [6.07, 6.45) is 0.301. The number of piperidine rings is 1. The molecule has 1 saturated heterocycles. The zero-order chi connectivity index (χ0) is 22.6. The lowest BCUT2D eigenvalue weighted by Crippen LogP contribution is -2.31. The van der Waals surface area contributed by atoms with Crippen molar-refractivity contribution in [3.05, 3.63) is 59.2 Å².